The lowest BCUT2D eigenvalue weighted by molar-refractivity contribution is 0.0987. The summed E-state index contributed by atoms with van der Waals surface area (Å²) in [5.74, 6) is -0.817. The summed E-state index contributed by atoms with van der Waals surface area (Å²) in [5.41, 5.74) is 5.32. The molecular weight excluding hydrogens is 476 g/mol. The van der Waals surface area contributed by atoms with Crippen LogP contribution in [0.4, 0.5) is 4.39 Å². The van der Waals surface area contributed by atoms with E-state index < -0.39 is 31.6 Å². The van der Waals surface area contributed by atoms with Crippen LogP contribution in [-0.4, -0.2) is 42.8 Å². The monoisotopic (exact) mass is 497 g/mol. The van der Waals surface area contributed by atoms with Gasteiger partial charge in [-0.2, -0.15) is 0 Å². The van der Waals surface area contributed by atoms with Gasteiger partial charge in [-0.05, 0) is 44.9 Å². The molecule has 0 spiro atoms. The zero-order chi connectivity index (χ0) is 23.3. The Hall–Kier alpha value is -2.10. The van der Waals surface area contributed by atoms with Crippen LogP contribution in [0.1, 0.15) is 48.6 Å². The van der Waals surface area contributed by atoms with Crippen molar-refractivity contribution in [3.63, 3.8) is 0 Å². The summed E-state index contributed by atoms with van der Waals surface area (Å²) >= 11 is 11.9. The molecule has 2 aromatic heterocycles. The molecule has 3 unspecified atom stereocenters. The maximum Gasteiger partial charge on any atom is 0.188 e. The molecule has 32 heavy (non-hydrogen) atoms. The lowest BCUT2D eigenvalue weighted by Crippen LogP contribution is -2.57. The molecule has 0 radical (unpaired) electrons. The van der Waals surface area contributed by atoms with Gasteiger partial charge in [0.05, 0.1) is 31.9 Å². The first-order valence-corrected chi connectivity index (χ1v) is 12.5. The third-order valence-corrected chi connectivity index (χ3v) is 9.90. The molecule has 0 aromatic carbocycles. The van der Waals surface area contributed by atoms with Crippen molar-refractivity contribution in [3.8, 4) is 0 Å². The minimum Gasteiger partial charge on any atom is -0.386 e. The number of fused-ring (bicyclic) bond motifs is 1. The van der Waals surface area contributed by atoms with Crippen LogP contribution >= 0.6 is 23.2 Å². The number of aliphatic imine (C=N–C) groups is 1. The van der Waals surface area contributed by atoms with Crippen LogP contribution in [0.3, 0.4) is 0 Å². The van der Waals surface area contributed by atoms with E-state index in [1.54, 1.807) is 13.8 Å². The van der Waals surface area contributed by atoms with Gasteiger partial charge in [0, 0.05) is 18.4 Å². The predicted molar refractivity (Wildman–Crippen MR) is 123 cm³/mol. The summed E-state index contributed by atoms with van der Waals surface area (Å²) in [6.07, 6.45) is 2.55. The fraction of sp³-hybridized carbons (Fsp3) is 0.429. The number of hydrogen-bond acceptors (Lipinski definition) is 7. The summed E-state index contributed by atoms with van der Waals surface area (Å²) in [4.78, 5) is 25.6. The Balaban J connectivity index is 1.72. The summed E-state index contributed by atoms with van der Waals surface area (Å²) < 4.78 is 32.2. The molecule has 0 saturated heterocycles. The molecule has 3 atom stereocenters. The van der Waals surface area contributed by atoms with E-state index in [1.165, 1.54) is 24.4 Å². The number of amidine groups is 1. The second-order valence-electron chi connectivity index (χ2n) is 8.46. The van der Waals surface area contributed by atoms with E-state index in [0.717, 1.165) is 6.42 Å². The number of pyridine rings is 2. The molecule has 0 aliphatic carbocycles. The van der Waals surface area contributed by atoms with Gasteiger partial charge in [0.1, 0.15) is 33.3 Å². The van der Waals surface area contributed by atoms with Crippen molar-refractivity contribution in [1.29, 1.82) is 0 Å². The molecule has 2 aromatic rings. The molecule has 0 fully saturated rings. The average Bonchev–Trinajstić information content (AvgIpc) is 2.70. The zero-order valence-electron chi connectivity index (χ0n) is 17.6. The van der Waals surface area contributed by atoms with Crippen LogP contribution in [0, 0.1) is 5.82 Å². The Labute approximate surface area is 195 Å². The Morgan fingerprint density at radius 2 is 2.06 bits per heavy atom. The normalized spacial score (nSPS) is 29.6. The largest absolute Gasteiger partial charge is 0.386 e. The smallest absolute Gasteiger partial charge is 0.188 e. The molecule has 2 aliphatic rings. The highest BCUT2D eigenvalue weighted by Gasteiger charge is 2.51. The van der Waals surface area contributed by atoms with Crippen LogP contribution in [0.15, 0.2) is 33.8 Å². The first-order chi connectivity index (χ1) is 15.0. The van der Waals surface area contributed by atoms with Gasteiger partial charge in [-0.15, -0.1) is 0 Å². The number of aromatic nitrogens is 2. The van der Waals surface area contributed by atoms with Gasteiger partial charge in [-0.3, -0.25) is 14.8 Å². The lowest BCUT2D eigenvalue weighted by Gasteiger charge is -2.43. The number of hydrogen-bond donors (Lipinski definition) is 1. The number of nitrogens with two attached hydrogens (primary N) is 1. The summed E-state index contributed by atoms with van der Waals surface area (Å²) in [5, 5.41) is 0.431. The van der Waals surface area contributed by atoms with Crippen molar-refractivity contribution in [3.05, 3.63) is 57.3 Å². The zero-order valence-corrected chi connectivity index (χ0v) is 19.9. The first kappa shape index (κ1) is 23.1. The first-order valence-electron chi connectivity index (χ1n) is 10.0. The number of rotatable bonds is 4. The Kier molecular flexibility index (Phi) is 5.80. The fourth-order valence-corrected chi connectivity index (χ4v) is 7.58. The summed E-state index contributed by atoms with van der Waals surface area (Å²) in [6, 6.07) is 4.06. The van der Waals surface area contributed by atoms with Crippen molar-refractivity contribution >= 4 is 44.5 Å². The van der Waals surface area contributed by atoms with Crippen molar-refractivity contribution in [2.24, 2.45) is 15.1 Å². The SMILES string of the molecule is CC1(c2nc(CC(=O)c3ncc(Cl)cc3Cl)ccc2F)CS2(=O)=NCCCC2(C)C(N)=N1. The molecule has 2 aliphatic heterocycles. The van der Waals surface area contributed by atoms with Crippen LogP contribution in [0.2, 0.25) is 10.0 Å². The van der Waals surface area contributed by atoms with Gasteiger partial charge in [0.2, 0.25) is 0 Å². The Bertz CT molecular complexity index is 1280. The van der Waals surface area contributed by atoms with Crippen LogP contribution in [-0.2, 0) is 21.7 Å². The summed E-state index contributed by atoms with van der Waals surface area (Å²) in [6.45, 7) is 3.92. The van der Waals surface area contributed by atoms with Crippen molar-refractivity contribution in [2.45, 2.75) is 43.4 Å². The molecule has 11 heteroatoms. The number of ketones is 1. The van der Waals surface area contributed by atoms with Gasteiger partial charge in [0.15, 0.2) is 5.78 Å². The number of Topliss-reactive ketones (excluding diaryl/α,β-unsaturated/α-hetero) is 1. The van der Waals surface area contributed by atoms with Gasteiger partial charge in [-0.25, -0.2) is 17.9 Å². The van der Waals surface area contributed by atoms with E-state index in [2.05, 4.69) is 19.3 Å². The maximum atomic E-state index is 14.9. The van der Waals surface area contributed by atoms with Gasteiger partial charge >= 0.3 is 0 Å². The molecule has 7 nitrogen and oxygen atoms in total. The molecule has 0 saturated carbocycles. The molecule has 4 heterocycles. The lowest BCUT2D eigenvalue weighted by atomic mass is 9.96. The quantitative estimate of drug-likeness (QED) is 0.642. The second-order valence-corrected chi connectivity index (χ2v) is 12.0. The van der Waals surface area contributed by atoms with Crippen molar-refractivity contribution < 1.29 is 13.4 Å². The van der Waals surface area contributed by atoms with Gasteiger partial charge in [0.25, 0.3) is 0 Å². The van der Waals surface area contributed by atoms with Crippen LogP contribution in [0.25, 0.3) is 0 Å². The number of nitrogens with zero attached hydrogens (tertiary/aromatic N) is 4. The predicted octanol–water partition coefficient (Wildman–Crippen LogP) is 3.95. The highest BCUT2D eigenvalue weighted by atomic mass is 35.5. The molecular formula is C21H22Cl2FN5O2S. The molecule has 4 rings (SSSR count). The Morgan fingerprint density at radius 1 is 1.31 bits per heavy atom. The van der Waals surface area contributed by atoms with Crippen LogP contribution in [0.5, 0.6) is 0 Å². The number of carbonyl (C=O) groups is 1. The summed E-state index contributed by atoms with van der Waals surface area (Å²) in [7, 11) is -2.79. The van der Waals surface area contributed by atoms with E-state index in [0.29, 0.717) is 23.7 Å². The topological polar surface area (TPSA) is 111 Å². The Morgan fingerprint density at radius 3 is 2.78 bits per heavy atom. The van der Waals surface area contributed by atoms with Crippen molar-refractivity contribution in [2.75, 3.05) is 12.3 Å². The number of carbonyl (C=O) groups excluding carboxylic acids is 1. The minimum absolute atomic E-state index is 0.00306. The highest BCUT2D eigenvalue weighted by molar-refractivity contribution is 7.95. The average molecular weight is 498 g/mol. The molecule has 0 amide bonds. The molecule has 2 N–H and O–H groups in total. The van der Waals surface area contributed by atoms with Crippen LogP contribution < -0.4 is 5.73 Å². The molecule has 0 bridgehead atoms. The second kappa shape index (κ2) is 8.04. The third-order valence-electron chi connectivity index (χ3n) is 6.03. The van der Waals surface area contributed by atoms with E-state index in [4.69, 9.17) is 28.9 Å². The van der Waals surface area contributed by atoms with E-state index >= 15 is 0 Å². The van der Waals surface area contributed by atoms with Gasteiger partial charge < -0.3 is 5.73 Å². The third kappa shape index (κ3) is 3.80. The number of halogens is 3. The minimum atomic E-state index is -2.79. The van der Waals surface area contributed by atoms with E-state index in [-0.39, 0.29) is 34.4 Å². The van der Waals surface area contributed by atoms with E-state index in [1.807, 2.05) is 0 Å². The van der Waals surface area contributed by atoms with Crippen molar-refractivity contribution in [1.82, 2.24) is 9.97 Å². The standard InChI is InChI=1S/C21H22Cl2FN5O2S/c1-20(11-32(31)21(2,19(25)29-20)6-3-7-27-32)18-15(24)5-4-13(28-18)9-16(30)17-14(23)8-12(22)10-26-17/h4-5,8,10H,3,6-7,9,11H2,1-2H3,(H2,25,29). The molecule has 170 valence electrons. The van der Waals surface area contributed by atoms with E-state index in [9.17, 15) is 13.4 Å². The highest BCUT2D eigenvalue weighted by Crippen LogP contribution is 2.42. The van der Waals surface area contributed by atoms with Gasteiger partial charge in [-0.1, -0.05) is 23.2 Å². The maximum absolute atomic E-state index is 14.9. The fourth-order valence-electron chi connectivity index (χ4n) is 4.17.